The van der Waals surface area contributed by atoms with Gasteiger partial charge in [0.2, 0.25) is 0 Å². The van der Waals surface area contributed by atoms with Crippen molar-refractivity contribution in [1.29, 1.82) is 0 Å². The zero-order valence-electron chi connectivity index (χ0n) is 8.78. The highest BCUT2D eigenvalue weighted by atomic mass is 35.5. The van der Waals surface area contributed by atoms with Crippen molar-refractivity contribution in [1.82, 2.24) is 14.7 Å². The third-order valence-electron chi connectivity index (χ3n) is 2.44. The first-order valence-electron chi connectivity index (χ1n) is 4.90. The Morgan fingerprint density at radius 1 is 1.69 bits per heavy atom. The van der Waals surface area contributed by atoms with Gasteiger partial charge in [0.25, 0.3) is 11.5 Å². The van der Waals surface area contributed by atoms with Crippen LogP contribution in [0.4, 0.5) is 10.2 Å². The van der Waals surface area contributed by atoms with Gasteiger partial charge in [-0.05, 0) is 7.05 Å². The molecule has 0 fully saturated rings. The van der Waals surface area contributed by atoms with Crippen molar-refractivity contribution >= 4 is 23.3 Å². The molecular formula is C9H12ClFN4O. The van der Waals surface area contributed by atoms with Crippen molar-refractivity contribution in [2.24, 2.45) is 0 Å². The standard InChI is InChI=1S/C9H12ClFN4O/c1-14-2-3-15-6(5-14)4-7(13-15)12-9(16)8(10)11/h4,8H,2-3,5H2,1H3,(H,12,13,16). The number of carbonyl (C=O) groups excluding carboxylic acids is 1. The Morgan fingerprint density at radius 3 is 3.12 bits per heavy atom. The minimum absolute atomic E-state index is 0.346. The van der Waals surface area contributed by atoms with Gasteiger partial charge in [-0.25, -0.2) is 4.39 Å². The van der Waals surface area contributed by atoms with E-state index in [2.05, 4.69) is 15.3 Å². The van der Waals surface area contributed by atoms with Crippen LogP contribution in [0.3, 0.4) is 0 Å². The van der Waals surface area contributed by atoms with E-state index in [4.69, 9.17) is 11.6 Å². The fourth-order valence-corrected chi connectivity index (χ4v) is 1.69. The highest BCUT2D eigenvalue weighted by molar-refractivity contribution is 6.31. The third-order valence-corrected chi connectivity index (χ3v) is 2.64. The van der Waals surface area contributed by atoms with Gasteiger partial charge >= 0.3 is 0 Å². The van der Waals surface area contributed by atoms with Crippen LogP contribution in [0.1, 0.15) is 5.69 Å². The van der Waals surface area contributed by atoms with E-state index in [9.17, 15) is 9.18 Å². The molecule has 1 unspecified atom stereocenters. The van der Waals surface area contributed by atoms with Crippen LogP contribution in [-0.4, -0.2) is 39.8 Å². The van der Waals surface area contributed by atoms with Crippen molar-refractivity contribution in [3.05, 3.63) is 11.8 Å². The molecule has 0 spiro atoms. The molecule has 2 rings (SSSR count). The number of hydrogen-bond donors (Lipinski definition) is 1. The van der Waals surface area contributed by atoms with Gasteiger partial charge in [0.15, 0.2) is 5.82 Å². The second-order valence-corrected chi connectivity index (χ2v) is 4.15. The highest BCUT2D eigenvalue weighted by Gasteiger charge is 2.18. The molecule has 1 N–H and O–H groups in total. The van der Waals surface area contributed by atoms with Crippen LogP contribution in [0, 0.1) is 0 Å². The second-order valence-electron chi connectivity index (χ2n) is 3.77. The summed E-state index contributed by atoms with van der Waals surface area (Å²) in [6, 6.07) is 1.73. The zero-order valence-corrected chi connectivity index (χ0v) is 9.54. The molecule has 1 aromatic heterocycles. The van der Waals surface area contributed by atoms with E-state index < -0.39 is 11.5 Å². The molecule has 16 heavy (non-hydrogen) atoms. The summed E-state index contributed by atoms with van der Waals surface area (Å²) in [4.78, 5) is 13.2. The van der Waals surface area contributed by atoms with Crippen LogP contribution in [0.25, 0.3) is 0 Å². The number of nitrogens with zero attached hydrogens (tertiary/aromatic N) is 3. The van der Waals surface area contributed by atoms with Gasteiger partial charge in [0, 0.05) is 19.2 Å². The summed E-state index contributed by atoms with van der Waals surface area (Å²) in [6.45, 7) is 2.44. The maximum Gasteiger partial charge on any atom is 0.275 e. The molecule has 1 amide bonds. The second kappa shape index (κ2) is 4.39. The van der Waals surface area contributed by atoms with Gasteiger partial charge in [0.05, 0.1) is 12.2 Å². The largest absolute Gasteiger partial charge is 0.306 e. The van der Waals surface area contributed by atoms with Crippen LogP contribution in [0.2, 0.25) is 0 Å². The van der Waals surface area contributed by atoms with E-state index in [0.29, 0.717) is 5.82 Å². The minimum Gasteiger partial charge on any atom is -0.306 e. The van der Waals surface area contributed by atoms with Crippen LogP contribution >= 0.6 is 11.6 Å². The Kier molecular flexibility index (Phi) is 3.11. The molecule has 0 aliphatic carbocycles. The van der Waals surface area contributed by atoms with E-state index in [0.717, 1.165) is 25.3 Å². The third kappa shape index (κ3) is 2.33. The lowest BCUT2D eigenvalue weighted by Gasteiger charge is -2.22. The number of fused-ring (bicyclic) bond motifs is 1. The fourth-order valence-electron chi connectivity index (χ4n) is 1.64. The molecule has 1 atom stereocenters. The smallest absolute Gasteiger partial charge is 0.275 e. The fraction of sp³-hybridized carbons (Fsp3) is 0.556. The summed E-state index contributed by atoms with van der Waals surface area (Å²) in [5.41, 5.74) is -1.05. The summed E-state index contributed by atoms with van der Waals surface area (Å²) in [6.07, 6.45) is 0. The average molecular weight is 247 g/mol. The molecule has 0 radical (unpaired) electrons. The molecule has 88 valence electrons. The van der Waals surface area contributed by atoms with Crippen LogP contribution in [0.15, 0.2) is 6.07 Å². The SMILES string of the molecule is CN1CCn2nc(NC(=O)C(F)Cl)cc2C1. The number of aromatic nitrogens is 2. The summed E-state index contributed by atoms with van der Waals surface area (Å²) in [7, 11) is 2.01. The van der Waals surface area contributed by atoms with E-state index in [1.165, 1.54) is 0 Å². The van der Waals surface area contributed by atoms with E-state index >= 15 is 0 Å². The van der Waals surface area contributed by atoms with Gasteiger partial charge < -0.3 is 5.32 Å². The molecule has 0 aromatic carbocycles. The number of nitrogens with one attached hydrogen (secondary N) is 1. The van der Waals surface area contributed by atoms with Gasteiger partial charge in [-0.1, -0.05) is 11.6 Å². The number of hydrogen-bond acceptors (Lipinski definition) is 3. The number of anilines is 1. The Labute approximate surface area is 97.2 Å². The molecule has 1 aliphatic rings. The van der Waals surface area contributed by atoms with Crippen molar-refractivity contribution in [3.8, 4) is 0 Å². The van der Waals surface area contributed by atoms with E-state index in [-0.39, 0.29) is 0 Å². The van der Waals surface area contributed by atoms with Gasteiger partial charge in [-0.3, -0.25) is 14.4 Å². The maximum absolute atomic E-state index is 12.4. The monoisotopic (exact) mass is 246 g/mol. The molecule has 1 aliphatic heterocycles. The van der Waals surface area contributed by atoms with Crippen LogP contribution < -0.4 is 5.32 Å². The first-order valence-corrected chi connectivity index (χ1v) is 5.34. The predicted octanol–water partition coefficient (Wildman–Crippen LogP) is 0.801. The molecule has 0 bridgehead atoms. The molecular weight excluding hydrogens is 235 g/mol. The Bertz CT molecular complexity index is 406. The summed E-state index contributed by atoms with van der Waals surface area (Å²) in [5.74, 6) is -0.538. The van der Waals surface area contributed by atoms with Crippen molar-refractivity contribution < 1.29 is 9.18 Å². The highest BCUT2D eigenvalue weighted by Crippen LogP contribution is 2.15. The van der Waals surface area contributed by atoms with Gasteiger partial charge in [-0.15, -0.1) is 0 Å². The molecule has 2 heterocycles. The van der Waals surface area contributed by atoms with Crippen molar-refractivity contribution in [3.63, 3.8) is 0 Å². The maximum atomic E-state index is 12.4. The summed E-state index contributed by atoms with van der Waals surface area (Å²) in [5, 5.41) is 6.46. The number of amides is 1. The number of rotatable bonds is 2. The van der Waals surface area contributed by atoms with E-state index in [1.54, 1.807) is 10.7 Å². The van der Waals surface area contributed by atoms with Crippen molar-refractivity contribution in [2.45, 2.75) is 18.7 Å². The zero-order chi connectivity index (χ0) is 11.7. The first-order chi connectivity index (χ1) is 7.56. The Morgan fingerprint density at radius 2 is 2.44 bits per heavy atom. The lowest BCUT2D eigenvalue weighted by molar-refractivity contribution is -0.118. The number of carbonyl (C=O) groups is 1. The molecule has 5 nitrogen and oxygen atoms in total. The van der Waals surface area contributed by atoms with E-state index in [1.807, 2.05) is 7.05 Å². The first kappa shape index (κ1) is 11.3. The molecule has 7 heteroatoms. The molecule has 1 aromatic rings. The summed E-state index contributed by atoms with van der Waals surface area (Å²) < 4.78 is 14.2. The molecule has 0 saturated heterocycles. The Balaban J connectivity index is 2.10. The molecule has 0 saturated carbocycles. The number of halogens is 2. The average Bonchev–Trinajstić information content (AvgIpc) is 2.58. The predicted molar refractivity (Wildman–Crippen MR) is 57.9 cm³/mol. The van der Waals surface area contributed by atoms with Gasteiger partial charge in [0.1, 0.15) is 0 Å². The normalized spacial score (nSPS) is 17.9. The quantitative estimate of drug-likeness (QED) is 0.786. The van der Waals surface area contributed by atoms with Gasteiger partial charge in [-0.2, -0.15) is 5.10 Å². The van der Waals surface area contributed by atoms with Crippen LogP contribution in [-0.2, 0) is 17.9 Å². The lowest BCUT2D eigenvalue weighted by atomic mass is 10.3. The van der Waals surface area contributed by atoms with Crippen LogP contribution in [0.5, 0.6) is 0 Å². The minimum atomic E-state index is -2.04. The topological polar surface area (TPSA) is 50.2 Å². The summed E-state index contributed by atoms with van der Waals surface area (Å²) >= 11 is 5.01. The lowest BCUT2D eigenvalue weighted by Crippen LogP contribution is -2.30. The number of likely N-dealkylation sites (N-methyl/N-ethyl adjacent to an activating group) is 1. The Hall–Kier alpha value is -1.14. The number of alkyl halides is 2. The van der Waals surface area contributed by atoms with Crippen molar-refractivity contribution in [2.75, 3.05) is 18.9 Å².